The van der Waals surface area contributed by atoms with Crippen LogP contribution in [0.4, 0.5) is 0 Å². The molecule has 0 amide bonds. The molecule has 0 aliphatic carbocycles. The van der Waals surface area contributed by atoms with Crippen LogP contribution in [-0.4, -0.2) is 75.0 Å². The largest absolute Gasteiger partial charge is 0.390 e. The van der Waals surface area contributed by atoms with Crippen LogP contribution >= 0.6 is 0 Å². The molecule has 7 N–H and O–H groups in total. The summed E-state index contributed by atoms with van der Waals surface area (Å²) in [6.07, 6.45) is 21.0. The Kier molecular flexibility index (Phi) is 22.6. The van der Waals surface area contributed by atoms with Crippen LogP contribution < -0.4 is 0 Å². The molecule has 52 heavy (non-hydrogen) atoms. The number of aliphatic hydroxyl groups is 7. The average Bonchev–Trinajstić information content (AvgIpc) is 2.95. The maximum Gasteiger partial charge on any atom is 0.0800 e. The maximum absolute atomic E-state index is 11.0. The molecule has 0 saturated heterocycles. The van der Waals surface area contributed by atoms with E-state index in [2.05, 4.69) is 39.5 Å². The van der Waals surface area contributed by atoms with Gasteiger partial charge >= 0.3 is 0 Å². The first kappa shape index (κ1) is 50.9. The summed E-state index contributed by atoms with van der Waals surface area (Å²) in [7, 11) is 0. The maximum atomic E-state index is 11.0. The Labute approximate surface area is 320 Å². The van der Waals surface area contributed by atoms with Crippen molar-refractivity contribution in [2.75, 3.05) is 0 Å². The molecule has 308 valence electrons. The monoisotopic (exact) mass is 739 g/mol. The van der Waals surface area contributed by atoms with Crippen molar-refractivity contribution in [2.45, 2.75) is 250 Å². The Bertz CT molecular complexity index is 1040. The van der Waals surface area contributed by atoms with Crippen LogP contribution in [0.3, 0.4) is 0 Å². The van der Waals surface area contributed by atoms with Crippen LogP contribution in [0, 0.1) is 0 Å². The van der Waals surface area contributed by atoms with Gasteiger partial charge in [-0.3, -0.25) is 0 Å². The van der Waals surface area contributed by atoms with Gasteiger partial charge in [-0.05, 0) is 210 Å². The van der Waals surface area contributed by atoms with Crippen LogP contribution in [0.5, 0.6) is 0 Å². The smallest absolute Gasteiger partial charge is 0.0800 e. The lowest BCUT2D eigenvalue weighted by Crippen LogP contribution is -2.31. The van der Waals surface area contributed by atoms with Gasteiger partial charge in [0.2, 0.25) is 0 Å². The second-order valence-corrected chi connectivity index (χ2v) is 19.1. The fourth-order valence-electron chi connectivity index (χ4n) is 7.24. The predicted molar refractivity (Wildman–Crippen MR) is 219 cm³/mol. The van der Waals surface area contributed by atoms with Gasteiger partial charge < -0.3 is 35.7 Å². The molecule has 0 fully saturated rings. The highest BCUT2D eigenvalue weighted by atomic mass is 16.3. The molecule has 0 spiro atoms. The zero-order valence-corrected chi connectivity index (χ0v) is 35.6. The van der Waals surface area contributed by atoms with Gasteiger partial charge in [-0.15, -0.1) is 6.58 Å². The van der Waals surface area contributed by atoms with Crippen molar-refractivity contribution < 1.29 is 35.7 Å². The van der Waals surface area contributed by atoms with Gasteiger partial charge in [-0.2, -0.15) is 0 Å². The third-order valence-corrected chi connectivity index (χ3v) is 11.3. The SMILES string of the molecule is C=C[C@@](C)(O)CC/C=C(\C)CCC[C@](C)(O)CCC[C@](C)(O)CCC[C@](C)(O)CCC[C@](C)(O)CCC[C@](C)(O)CCC[C@](C)(O)CCC=C(C)C. The topological polar surface area (TPSA) is 142 Å². The van der Waals surface area contributed by atoms with Crippen molar-refractivity contribution >= 4 is 0 Å². The highest BCUT2D eigenvalue weighted by Crippen LogP contribution is 2.32. The molecule has 0 aromatic carbocycles. The average molecular weight is 739 g/mol. The van der Waals surface area contributed by atoms with Gasteiger partial charge in [0.15, 0.2) is 0 Å². The van der Waals surface area contributed by atoms with Crippen molar-refractivity contribution in [3.63, 3.8) is 0 Å². The van der Waals surface area contributed by atoms with Crippen LogP contribution in [0.2, 0.25) is 0 Å². The molecule has 0 radical (unpaired) electrons. The first-order valence-electron chi connectivity index (χ1n) is 20.6. The van der Waals surface area contributed by atoms with E-state index in [4.69, 9.17) is 0 Å². The van der Waals surface area contributed by atoms with E-state index in [1.807, 2.05) is 41.5 Å². The lowest BCUT2D eigenvalue weighted by molar-refractivity contribution is -0.00729. The normalized spacial score (nSPS) is 20.7. The van der Waals surface area contributed by atoms with Crippen LogP contribution in [0.15, 0.2) is 36.0 Å². The molecule has 0 heterocycles. The molecule has 0 saturated carbocycles. The molecule has 0 aliphatic rings. The summed E-state index contributed by atoms with van der Waals surface area (Å²) in [4.78, 5) is 0. The Morgan fingerprint density at radius 2 is 0.673 bits per heavy atom. The molecular formula is C45H86O7. The molecule has 0 rings (SSSR count). The summed E-state index contributed by atoms with van der Waals surface area (Å²) in [5.41, 5.74) is -3.25. The Morgan fingerprint density at radius 3 is 0.962 bits per heavy atom. The Morgan fingerprint density at radius 1 is 0.404 bits per heavy atom. The van der Waals surface area contributed by atoms with Gasteiger partial charge in [0.25, 0.3) is 0 Å². The molecule has 0 unspecified atom stereocenters. The minimum absolute atomic E-state index is 0.573. The van der Waals surface area contributed by atoms with Gasteiger partial charge in [0.1, 0.15) is 0 Å². The standard InChI is InChI=1S/C45H86O7/c1-12-39(5,46)24-14-22-38(4)23-15-26-41(7,48)28-17-30-43(9,50)32-19-34-45(11,52)36-20-35-44(10,51)33-18-31-42(8,49)29-16-27-40(6,47)25-13-21-37(2)3/h12,21-22,46-52H,1,13-20,23-36H2,2-11H3/b38-22+/t39-,40-,41+,42-,43+,44-,45+/m1/s1. The molecule has 7 atom stereocenters. The number of allylic oxidation sites excluding steroid dienone is 4. The molecule has 7 nitrogen and oxygen atoms in total. The first-order chi connectivity index (χ1) is 23.6. The third kappa shape index (κ3) is 28.4. The van der Waals surface area contributed by atoms with Crippen LogP contribution in [0.25, 0.3) is 0 Å². The summed E-state index contributed by atoms with van der Waals surface area (Å²) in [6.45, 7) is 22.8. The number of hydrogen-bond donors (Lipinski definition) is 7. The van der Waals surface area contributed by atoms with E-state index in [0.29, 0.717) is 103 Å². The lowest BCUT2D eigenvalue weighted by Gasteiger charge is -2.30. The summed E-state index contributed by atoms with van der Waals surface area (Å²) in [6, 6.07) is 0. The van der Waals surface area contributed by atoms with Gasteiger partial charge in [0, 0.05) is 0 Å². The van der Waals surface area contributed by atoms with Gasteiger partial charge in [0.05, 0.1) is 39.2 Å². The highest BCUT2D eigenvalue weighted by molar-refractivity contribution is 5.01. The van der Waals surface area contributed by atoms with Crippen molar-refractivity contribution in [1.82, 2.24) is 0 Å². The lowest BCUT2D eigenvalue weighted by atomic mass is 9.83. The van der Waals surface area contributed by atoms with E-state index in [-0.39, 0.29) is 0 Å². The molecule has 0 aliphatic heterocycles. The van der Waals surface area contributed by atoms with Crippen LogP contribution in [0.1, 0.15) is 210 Å². The molecular weight excluding hydrogens is 652 g/mol. The fraction of sp³-hybridized carbons (Fsp3) is 0.867. The second kappa shape index (κ2) is 23.1. The molecule has 0 aromatic rings. The highest BCUT2D eigenvalue weighted by Gasteiger charge is 2.29. The Balaban J connectivity index is 4.37. The summed E-state index contributed by atoms with van der Waals surface area (Å²) >= 11 is 0. The van der Waals surface area contributed by atoms with E-state index < -0.39 is 39.2 Å². The minimum atomic E-state index is -0.873. The third-order valence-electron chi connectivity index (χ3n) is 11.3. The summed E-state index contributed by atoms with van der Waals surface area (Å²) in [5.74, 6) is 0. The zero-order valence-electron chi connectivity index (χ0n) is 35.6. The van der Waals surface area contributed by atoms with Crippen LogP contribution in [-0.2, 0) is 0 Å². The van der Waals surface area contributed by atoms with Crippen molar-refractivity contribution in [2.24, 2.45) is 0 Å². The zero-order chi connectivity index (χ0) is 40.3. The van der Waals surface area contributed by atoms with Gasteiger partial charge in [-0.25, -0.2) is 0 Å². The summed E-state index contributed by atoms with van der Waals surface area (Å²) < 4.78 is 0. The minimum Gasteiger partial charge on any atom is -0.390 e. The van der Waals surface area contributed by atoms with Gasteiger partial charge in [-0.1, -0.05) is 29.4 Å². The van der Waals surface area contributed by atoms with E-state index in [0.717, 1.165) is 38.5 Å². The first-order valence-corrected chi connectivity index (χ1v) is 20.6. The van der Waals surface area contributed by atoms with E-state index in [1.165, 1.54) is 11.1 Å². The van der Waals surface area contributed by atoms with Crippen molar-refractivity contribution in [1.29, 1.82) is 0 Å². The number of rotatable bonds is 31. The van der Waals surface area contributed by atoms with E-state index >= 15 is 0 Å². The predicted octanol–water partition coefficient (Wildman–Crippen LogP) is 9.92. The molecule has 7 heteroatoms. The Hall–Kier alpha value is -1.06. The van der Waals surface area contributed by atoms with Crippen molar-refractivity contribution in [3.05, 3.63) is 36.0 Å². The second-order valence-electron chi connectivity index (χ2n) is 19.1. The van der Waals surface area contributed by atoms with Crippen molar-refractivity contribution in [3.8, 4) is 0 Å². The quantitative estimate of drug-likeness (QED) is 0.0351. The fourth-order valence-corrected chi connectivity index (χ4v) is 7.24. The molecule has 0 aromatic heterocycles. The van der Waals surface area contributed by atoms with E-state index in [1.54, 1.807) is 13.0 Å². The van der Waals surface area contributed by atoms with E-state index in [9.17, 15) is 35.7 Å². The summed E-state index contributed by atoms with van der Waals surface area (Å²) in [5, 5.41) is 75.6. The molecule has 0 bridgehead atoms. The number of hydrogen-bond acceptors (Lipinski definition) is 7.